The predicted octanol–water partition coefficient (Wildman–Crippen LogP) is 2.12. The molecular weight excluding hydrogens is 432 g/mol. The van der Waals surface area contributed by atoms with Crippen LogP contribution in [0.2, 0.25) is 0 Å². The fourth-order valence-electron chi connectivity index (χ4n) is 5.60. The van der Waals surface area contributed by atoms with Gasteiger partial charge in [0.05, 0.1) is 6.33 Å². The summed E-state index contributed by atoms with van der Waals surface area (Å²) >= 11 is 0. The van der Waals surface area contributed by atoms with Crippen molar-refractivity contribution in [3.8, 4) is 0 Å². The molecule has 5 aromatic rings. The second kappa shape index (κ2) is 6.78. The van der Waals surface area contributed by atoms with Crippen LogP contribution in [0.5, 0.6) is 0 Å². The van der Waals surface area contributed by atoms with Gasteiger partial charge in [-0.15, -0.1) is 0 Å². The fraction of sp³-hybridized carbons (Fsp3) is 0.375. The van der Waals surface area contributed by atoms with Gasteiger partial charge in [-0.2, -0.15) is 4.98 Å². The second-order valence-corrected chi connectivity index (χ2v) is 9.80. The van der Waals surface area contributed by atoms with Gasteiger partial charge in [0, 0.05) is 56.4 Å². The molecule has 0 bridgehead atoms. The molecule has 1 aromatic carbocycles. The van der Waals surface area contributed by atoms with Crippen LogP contribution in [0.15, 0.2) is 52.4 Å². The molecule has 2 aliphatic rings. The molecule has 1 saturated carbocycles. The number of aryl methyl sites for hydroxylation is 2. The Labute approximate surface area is 194 Å². The first-order valence-corrected chi connectivity index (χ1v) is 11.5. The molecule has 0 spiro atoms. The fourth-order valence-corrected chi connectivity index (χ4v) is 5.60. The van der Waals surface area contributed by atoms with Crippen LogP contribution in [0, 0.1) is 11.3 Å². The van der Waals surface area contributed by atoms with Crippen LogP contribution >= 0.6 is 0 Å². The van der Waals surface area contributed by atoms with Crippen molar-refractivity contribution in [1.82, 2.24) is 33.8 Å². The van der Waals surface area contributed by atoms with E-state index in [1.807, 2.05) is 0 Å². The molecule has 172 valence electrons. The molecule has 1 aliphatic heterocycles. The highest BCUT2D eigenvalue weighted by molar-refractivity contribution is 5.84. The first-order chi connectivity index (χ1) is 16.5. The van der Waals surface area contributed by atoms with Crippen molar-refractivity contribution in [2.75, 3.05) is 18.0 Å². The summed E-state index contributed by atoms with van der Waals surface area (Å²) in [5.41, 5.74) is 3.45. The summed E-state index contributed by atoms with van der Waals surface area (Å²) in [6.45, 7) is 2.26. The Balaban J connectivity index is 1.07. The maximum absolute atomic E-state index is 12.8. The van der Waals surface area contributed by atoms with E-state index in [9.17, 15) is 4.79 Å². The summed E-state index contributed by atoms with van der Waals surface area (Å²) in [6, 6.07) is 8.87. The zero-order valence-electron chi connectivity index (χ0n) is 19.0. The number of fused-ring (bicyclic) bond motifs is 3. The van der Waals surface area contributed by atoms with E-state index >= 15 is 0 Å². The lowest BCUT2D eigenvalue weighted by molar-refractivity contribution is 0.360. The van der Waals surface area contributed by atoms with Gasteiger partial charge in [-0.25, -0.2) is 9.97 Å². The van der Waals surface area contributed by atoms with Gasteiger partial charge in [0.15, 0.2) is 17.0 Å². The highest BCUT2D eigenvalue weighted by Gasteiger charge is 2.60. The van der Waals surface area contributed by atoms with E-state index in [4.69, 9.17) is 4.52 Å². The molecule has 4 aromatic heterocycles. The lowest BCUT2D eigenvalue weighted by Crippen LogP contribution is -2.25. The van der Waals surface area contributed by atoms with Crippen LogP contribution in [0.3, 0.4) is 0 Å². The monoisotopic (exact) mass is 456 g/mol. The zero-order chi connectivity index (χ0) is 23.0. The largest absolute Gasteiger partial charge is 0.371 e. The number of piperidine rings is 1. The molecule has 7 rings (SSSR count). The Morgan fingerprint density at radius 3 is 2.94 bits per heavy atom. The molecule has 2 atom stereocenters. The third-order valence-electron chi connectivity index (χ3n) is 7.57. The van der Waals surface area contributed by atoms with Crippen LogP contribution in [0.25, 0.3) is 22.1 Å². The van der Waals surface area contributed by atoms with Gasteiger partial charge in [0.25, 0.3) is 5.56 Å². The summed E-state index contributed by atoms with van der Waals surface area (Å²) in [7, 11) is 3.85. The summed E-state index contributed by atoms with van der Waals surface area (Å²) in [4.78, 5) is 28.2. The first kappa shape index (κ1) is 19.5. The van der Waals surface area contributed by atoms with Crippen LogP contribution in [0.4, 0.5) is 5.69 Å². The minimum atomic E-state index is -0.174. The van der Waals surface area contributed by atoms with Gasteiger partial charge < -0.3 is 18.6 Å². The van der Waals surface area contributed by atoms with Crippen molar-refractivity contribution in [3.05, 3.63) is 65.2 Å². The maximum atomic E-state index is 12.8. The molecule has 2 fully saturated rings. The summed E-state index contributed by atoms with van der Waals surface area (Å²) in [5.74, 6) is 1.78. The molecule has 10 heteroatoms. The van der Waals surface area contributed by atoms with Crippen molar-refractivity contribution in [3.63, 3.8) is 0 Å². The first-order valence-electron chi connectivity index (χ1n) is 11.5. The van der Waals surface area contributed by atoms with Gasteiger partial charge in [0.2, 0.25) is 5.89 Å². The number of aromatic nitrogens is 7. The van der Waals surface area contributed by atoms with E-state index in [0.29, 0.717) is 28.8 Å². The smallest absolute Gasteiger partial charge is 0.280 e. The Morgan fingerprint density at radius 1 is 1.15 bits per heavy atom. The van der Waals surface area contributed by atoms with Crippen molar-refractivity contribution in [1.29, 1.82) is 0 Å². The summed E-state index contributed by atoms with van der Waals surface area (Å²) in [5, 5.41) is 5.50. The molecule has 5 heterocycles. The lowest BCUT2D eigenvalue weighted by Gasteiger charge is -2.23. The normalized spacial score (nSPS) is 21.6. The van der Waals surface area contributed by atoms with Crippen LogP contribution in [0.1, 0.15) is 18.1 Å². The van der Waals surface area contributed by atoms with Gasteiger partial charge in [-0.1, -0.05) is 5.16 Å². The van der Waals surface area contributed by atoms with Gasteiger partial charge in [-0.3, -0.25) is 9.36 Å². The number of imidazole rings is 1. The van der Waals surface area contributed by atoms with Crippen LogP contribution < -0.4 is 10.5 Å². The van der Waals surface area contributed by atoms with E-state index in [0.717, 1.165) is 19.5 Å². The third-order valence-corrected chi connectivity index (χ3v) is 7.57. The van der Waals surface area contributed by atoms with Crippen LogP contribution in [-0.2, 0) is 27.1 Å². The number of anilines is 1. The molecule has 10 nitrogen and oxygen atoms in total. The SMILES string of the molecule is Cn1ccc2cc(N3C[C@@H]4C[C@@]4(Cc4noc(Cn5cnc6ncn(C)c6c5=O)n4)C3)ccc21. The van der Waals surface area contributed by atoms with E-state index in [1.54, 1.807) is 17.9 Å². The minimum absolute atomic E-state index is 0.174. The zero-order valence-corrected chi connectivity index (χ0v) is 19.0. The van der Waals surface area contributed by atoms with E-state index in [-0.39, 0.29) is 17.5 Å². The standard InChI is InChI=1S/C24H24N8O2/c1-29-6-5-15-7-17(3-4-18(15)29)31-10-16-8-24(16,12-31)9-19-27-20(34-28-19)11-32-14-26-22-21(23(32)33)30(2)13-25-22/h3-7,13-14,16H,8-12H2,1-2H3/t16-,24+/m0/s1. The van der Waals surface area contributed by atoms with Crippen LogP contribution in [-0.4, -0.2) is 46.9 Å². The van der Waals surface area contributed by atoms with E-state index in [2.05, 4.69) is 67.1 Å². The average Bonchev–Trinajstić information content (AvgIpc) is 3.31. The molecule has 0 radical (unpaired) electrons. The number of hydrogen-bond donors (Lipinski definition) is 0. The molecule has 34 heavy (non-hydrogen) atoms. The number of nitrogens with zero attached hydrogens (tertiary/aromatic N) is 8. The quantitative estimate of drug-likeness (QED) is 0.399. The Hall–Kier alpha value is -3.95. The molecule has 0 N–H and O–H groups in total. The molecule has 1 aliphatic carbocycles. The second-order valence-electron chi connectivity index (χ2n) is 9.80. The average molecular weight is 457 g/mol. The molecule has 1 saturated heterocycles. The third kappa shape index (κ3) is 2.91. The summed E-state index contributed by atoms with van der Waals surface area (Å²) < 4.78 is 10.8. The Kier molecular flexibility index (Phi) is 3.89. The lowest BCUT2D eigenvalue weighted by atomic mass is 10.0. The van der Waals surface area contributed by atoms with E-state index in [1.165, 1.54) is 33.9 Å². The van der Waals surface area contributed by atoms with Gasteiger partial charge >= 0.3 is 0 Å². The van der Waals surface area contributed by atoms with Crippen molar-refractivity contribution in [2.24, 2.45) is 25.4 Å². The number of rotatable bonds is 5. The summed E-state index contributed by atoms with van der Waals surface area (Å²) in [6.07, 6.45) is 7.16. The van der Waals surface area contributed by atoms with Gasteiger partial charge in [-0.05, 0) is 42.0 Å². The van der Waals surface area contributed by atoms with Crippen molar-refractivity contribution < 1.29 is 4.52 Å². The molecular formula is C24H24N8O2. The maximum Gasteiger partial charge on any atom is 0.280 e. The minimum Gasteiger partial charge on any atom is -0.371 e. The van der Waals surface area contributed by atoms with Gasteiger partial charge in [0.1, 0.15) is 12.9 Å². The topological polar surface area (TPSA) is 99.8 Å². The predicted molar refractivity (Wildman–Crippen MR) is 126 cm³/mol. The number of hydrogen-bond acceptors (Lipinski definition) is 7. The van der Waals surface area contributed by atoms with Crippen molar-refractivity contribution >= 4 is 27.8 Å². The highest BCUT2D eigenvalue weighted by atomic mass is 16.5. The molecule has 0 unspecified atom stereocenters. The Morgan fingerprint density at radius 2 is 2.03 bits per heavy atom. The highest BCUT2D eigenvalue weighted by Crippen LogP contribution is 2.60. The van der Waals surface area contributed by atoms with E-state index < -0.39 is 0 Å². The van der Waals surface area contributed by atoms with Crippen molar-refractivity contribution in [2.45, 2.75) is 19.4 Å². The molecule has 0 amide bonds. The number of benzene rings is 1. The Bertz CT molecular complexity index is 1630.